The van der Waals surface area contributed by atoms with Crippen LogP contribution in [0.4, 0.5) is 5.69 Å². The fourth-order valence-electron chi connectivity index (χ4n) is 2.26. The molecule has 0 aliphatic carbocycles. The van der Waals surface area contributed by atoms with Gasteiger partial charge in [0.15, 0.2) is 0 Å². The number of ether oxygens (including phenoxy) is 1. The van der Waals surface area contributed by atoms with Crippen LogP contribution in [-0.2, 0) is 16.0 Å². The molecule has 0 aliphatic heterocycles. The van der Waals surface area contributed by atoms with Crippen molar-refractivity contribution in [3.05, 3.63) is 73.2 Å². The zero-order chi connectivity index (χ0) is 19.3. The summed E-state index contributed by atoms with van der Waals surface area (Å²) in [5.74, 6) is -1.27. The predicted molar refractivity (Wildman–Crippen MR) is 99.2 cm³/mol. The minimum absolute atomic E-state index is 0.0678. The van der Waals surface area contributed by atoms with Crippen molar-refractivity contribution in [2.45, 2.75) is 12.5 Å². The molecule has 0 bridgehead atoms. The average molecular weight is 442 g/mol. The lowest BCUT2D eigenvalue weighted by Gasteiger charge is -2.17. The second-order valence-corrected chi connectivity index (χ2v) is 6.59. The summed E-state index contributed by atoms with van der Waals surface area (Å²) >= 11 is 9.34. The van der Waals surface area contributed by atoms with Crippen LogP contribution >= 0.6 is 27.5 Å². The van der Waals surface area contributed by atoms with E-state index >= 15 is 0 Å². The highest BCUT2D eigenvalue weighted by Crippen LogP contribution is 2.23. The van der Waals surface area contributed by atoms with Crippen LogP contribution in [0.1, 0.15) is 15.9 Å². The molecular weight excluding hydrogens is 428 g/mol. The van der Waals surface area contributed by atoms with Gasteiger partial charge in [0.2, 0.25) is 0 Å². The zero-order valence-electron chi connectivity index (χ0n) is 13.6. The first-order valence-electron chi connectivity index (χ1n) is 7.39. The number of carbonyl (C=O) groups excluding carboxylic acids is 2. The van der Waals surface area contributed by atoms with Crippen molar-refractivity contribution in [2.75, 3.05) is 7.11 Å². The smallest absolute Gasteiger partial charge is 0.328 e. The number of non-ortho nitro benzene ring substituents is 1. The third-order valence-corrected chi connectivity index (χ3v) is 4.55. The number of hydrogen-bond acceptors (Lipinski definition) is 5. The minimum atomic E-state index is -0.985. The maximum atomic E-state index is 12.4. The number of benzene rings is 2. The summed E-state index contributed by atoms with van der Waals surface area (Å²) < 4.78 is 5.47. The zero-order valence-corrected chi connectivity index (χ0v) is 15.9. The second kappa shape index (κ2) is 8.77. The lowest BCUT2D eigenvalue weighted by molar-refractivity contribution is -0.384. The molecular formula is C17H14BrClN2O5. The highest BCUT2D eigenvalue weighted by molar-refractivity contribution is 9.10. The monoisotopic (exact) mass is 440 g/mol. The van der Waals surface area contributed by atoms with Crippen molar-refractivity contribution < 1.29 is 19.2 Å². The summed E-state index contributed by atoms with van der Waals surface area (Å²) in [6.45, 7) is 0. The average Bonchev–Trinajstić information content (AvgIpc) is 2.63. The molecule has 26 heavy (non-hydrogen) atoms. The van der Waals surface area contributed by atoms with Gasteiger partial charge in [-0.2, -0.15) is 0 Å². The number of nitro groups is 1. The predicted octanol–water partition coefficient (Wildman–Crippen LogP) is 3.52. The van der Waals surface area contributed by atoms with Crippen LogP contribution in [-0.4, -0.2) is 30.0 Å². The lowest BCUT2D eigenvalue weighted by atomic mass is 10.1. The number of esters is 1. The van der Waals surface area contributed by atoms with Crippen LogP contribution in [0.2, 0.25) is 5.02 Å². The van der Waals surface area contributed by atoms with E-state index in [0.29, 0.717) is 10.6 Å². The minimum Gasteiger partial charge on any atom is -0.467 e. The van der Waals surface area contributed by atoms with Crippen molar-refractivity contribution in [1.29, 1.82) is 0 Å². The van der Waals surface area contributed by atoms with E-state index in [4.69, 9.17) is 16.3 Å². The highest BCUT2D eigenvalue weighted by atomic mass is 79.9. The van der Waals surface area contributed by atoms with Gasteiger partial charge in [0.1, 0.15) is 6.04 Å². The van der Waals surface area contributed by atoms with Gasteiger partial charge in [-0.1, -0.05) is 33.6 Å². The number of nitrogens with one attached hydrogen (secondary N) is 1. The normalized spacial score (nSPS) is 11.5. The summed E-state index contributed by atoms with van der Waals surface area (Å²) in [6.07, 6.45) is 0.133. The largest absolute Gasteiger partial charge is 0.467 e. The first-order chi connectivity index (χ1) is 12.3. The molecule has 2 aromatic carbocycles. The Morgan fingerprint density at radius 2 is 2.04 bits per heavy atom. The molecule has 0 fully saturated rings. The number of nitro benzene ring substituents is 1. The van der Waals surface area contributed by atoms with Gasteiger partial charge >= 0.3 is 5.97 Å². The SMILES string of the molecule is COC(=O)[C@H](Cc1cc(Cl)ccc1Br)NC(=O)c1cccc([N+](=O)[O-])c1. The Kier molecular flexibility index (Phi) is 6.70. The molecule has 2 rings (SSSR count). The van der Waals surface area contributed by atoms with Gasteiger partial charge in [0.25, 0.3) is 11.6 Å². The summed E-state index contributed by atoms with van der Waals surface area (Å²) in [7, 11) is 1.21. The third-order valence-electron chi connectivity index (χ3n) is 3.54. The van der Waals surface area contributed by atoms with Crippen molar-refractivity contribution >= 4 is 45.1 Å². The van der Waals surface area contributed by atoms with Gasteiger partial charge in [-0.3, -0.25) is 14.9 Å². The number of amides is 1. The molecule has 0 spiro atoms. The van der Waals surface area contributed by atoms with E-state index in [1.165, 1.54) is 25.3 Å². The van der Waals surface area contributed by atoms with Crippen LogP contribution in [0.25, 0.3) is 0 Å². The topological polar surface area (TPSA) is 98.5 Å². The highest BCUT2D eigenvalue weighted by Gasteiger charge is 2.24. The molecule has 0 heterocycles. The van der Waals surface area contributed by atoms with Crippen molar-refractivity contribution in [1.82, 2.24) is 5.32 Å². The van der Waals surface area contributed by atoms with Gasteiger partial charge in [-0.15, -0.1) is 0 Å². The summed E-state index contributed by atoms with van der Waals surface area (Å²) in [4.78, 5) is 34.7. The van der Waals surface area contributed by atoms with Gasteiger partial charge < -0.3 is 10.1 Å². The number of rotatable bonds is 6. The Morgan fingerprint density at radius 1 is 1.31 bits per heavy atom. The number of carbonyl (C=O) groups is 2. The van der Waals surface area contributed by atoms with Gasteiger partial charge in [0, 0.05) is 33.6 Å². The number of nitrogens with zero attached hydrogens (tertiary/aromatic N) is 1. The Hall–Kier alpha value is -2.45. The maximum absolute atomic E-state index is 12.4. The first kappa shape index (κ1) is 19.9. The Bertz CT molecular complexity index is 859. The Morgan fingerprint density at radius 3 is 2.69 bits per heavy atom. The van der Waals surface area contributed by atoms with E-state index in [0.717, 1.165) is 10.5 Å². The fourth-order valence-corrected chi connectivity index (χ4v) is 2.86. The van der Waals surface area contributed by atoms with Crippen LogP contribution in [0.15, 0.2) is 46.9 Å². The molecule has 0 radical (unpaired) electrons. The van der Waals surface area contributed by atoms with Crippen molar-refractivity contribution in [2.24, 2.45) is 0 Å². The first-order valence-corrected chi connectivity index (χ1v) is 8.56. The fraction of sp³-hybridized carbons (Fsp3) is 0.176. The Labute approximate surface area is 162 Å². The van der Waals surface area contributed by atoms with Crippen molar-refractivity contribution in [3.8, 4) is 0 Å². The number of methoxy groups -OCH3 is 1. The van der Waals surface area contributed by atoms with Crippen LogP contribution < -0.4 is 5.32 Å². The van der Waals surface area contributed by atoms with E-state index in [2.05, 4.69) is 21.2 Å². The molecule has 136 valence electrons. The Balaban J connectivity index is 2.23. The maximum Gasteiger partial charge on any atom is 0.328 e. The quantitative estimate of drug-likeness (QED) is 0.420. The lowest BCUT2D eigenvalue weighted by Crippen LogP contribution is -2.43. The van der Waals surface area contributed by atoms with Gasteiger partial charge in [-0.05, 0) is 29.8 Å². The third kappa shape index (κ3) is 5.03. The van der Waals surface area contributed by atoms with Crippen LogP contribution in [0.3, 0.4) is 0 Å². The summed E-state index contributed by atoms with van der Waals surface area (Å²) in [6, 6.07) is 9.33. The van der Waals surface area contributed by atoms with Crippen LogP contribution in [0, 0.1) is 10.1 Å². The van der Waals surface area contributed by atoms with Crippen molar-refractivity contribution in [3.63, 3.8) is 0 Å². The molecule has 0 aliphatic rings. The molecule has 0 saturated carbocycles. The molecule has 2 aromatic rings. The molecule has 1 N–H and O–H groups in total. The standard InChI is InChI=1S/C17H14BrClN2O5/c1-26-17(23)15(9-11-7-12(19)5-6-14(11)18)20-16(22)10-3-2-4-13(8-10)21(24)25/h2-8,15H,9H2,1H3,(H,20,22)/t15-/m0/s1. The van der Waals surface area contributed by atoms with Crippen LogP contribution in [0.5, 0.6) is 0 Å². The van der Waals surface area contributed by atoms with E-state index < -0.39 is 22.8 Å². The summed E-state index contributed by atoms with van der Waals surface area (Å²) in [5.41, 5.74) is 0.551. The molecule has 0 unspecified atom stereocenters. The van der Waals surface area contributed by atoms with E-state index in [1.807, 2.05) is 0 Å². The van der Waals surface area contributed by atoms with Gasteiger partial charge in [0.05, 0.1) is 12.0 Å². The number of halogens is 2. The number of hydrogen-bond donors (Lipinski definition) is 1. The van der Waals surface area contributed by atoms with E-state index in [1.54, 1.807) is 18.2 Å². The van der Waals surface area contributed by atoms with E-state index in [-0.39, 0.29) is 17.7 Å². The molecule has 9 heteroatoms. The summed E-state index contributed by atoms with van der Waals surface area (Å²) in [5, 5.41) is 13.9. The molecule has 1 amide bonds. The van der Waals surface area contributed by atoms with E-state index in [9.17, 15) is 19.7 Å². The van der Waals surface area contributed by atoms with Gasteiger partial charge in [-0.25, -0.2) is 4.79 Å². The molecule has 0 aromatic heterocycles. The molecule has 0 saturated heterocycles. The molecule has 7 nitrogen and oxygen atoms in total. The molecule has 1 atom stereocenters. The second-order valence-electron chi connectivity index (χ2n) is 5.30.